The number of hydrogen-bond donors (Lipinski definition) is 2. The van der Waals surface area contributed by atoms with E-state index in [1.807, 2.05) is 47.8 Å². The maximum Gasteiger partial charge on any atom is 0.336 e. The Kier molecular flexibility index (Phi) is 7.70. The number of nitro benzene ring substituents is 1. The van der Waals surface area contributed by atoms with Gasteiger partial charge in [-0.15, -0.1) is 11.3 Å². The minimum Gasteiger partial charge on any atom is -0.500 e. The summed E-state index contributed by atoms with van der Waals surface area (Å²) in [6.45, 7) is 1.85. The molecule has 206 valence electrons. The van der Waals surface area contributed by atoms with E-state index in [0.29, 0.717) is 29.8 Å². The number of ether oxygens (including phenoxy) is 2. The monoisotopic (exact) mass is 560 g/mol. The van der Waals surface area contributed by atoms with Crippen LogP contribution in [0.25, 0.3) is 0 Å². The predicted octanol–water partition coefficient (Wildman–Crippen LogP) is 5.52. The molecule has 0 bridgehead atoms. The lowest BCUT2D eigenvalue weighted by Gasteiger charge is -2.36. The molecule has 0 amide bonds. The molecule has 1 aliphatic carbocycles. The molecule has 0 spiro atoms. The van der Waals surface area contributed by atoms with E-state index in [1.165, 1.54) is 19.2 Å². The highest BCUT2D eigenvalue weighted by Gasteiger charge is 2.42. The Morgan fingerprint density at radius 2 is 1.95 bits per heavy atom. The largest absolute Gasteiger partial charge is 0.500 e. The fraction of sp³-hybridized carbons (Fsp3) is 0.267. The van der Waals surface area contributed by atoms with Crippen molar-refractivity contribution < 1.29 is 29.1 Å². The number of thiophene rings is 1. The summed E-state index contributed by atoms with van der Waals surface area (Å²) in [6, 6.07) is 16.2. The molecule has 40 heavy (non-hydrogen) atoms. The zero-order valence-corrected chi connectivity index (χ0v) is 22.8. The molecule has 9 nitrogen and oxygen atoms in total. The number of aromatic hydroxyl groups is 1. The molecule has 1 aliphatic heterocycles. The van der Waals surface area contributed by atoms with Crippen LogP contribution >= 0.6 is 11.3 Å². The number of phenolic OH excluding ortho intramolecular Hbond substituents is 1. The van der Waals surface area contributed by atoms with E-state index in [2.05, 4.69) is 5.32 Å². The summed E-state index contributed by atoms with van der Waals surface area (Å²) in [5.74, 6) is -2.49. The number of carbonyl (C=O) groups is 2. The molecule has 2 N–H and O–H groups in total. The van der Waals surface area contributed by atoms with Crippen molar-refractivity contribution in [1.82, 2.24) is 5.32 Å². The Labute approximate surface area is 234 Å². The number of nitrogens with one attached hydrogen (secondary N) is 1. The highest BCUT2D eigenvalue weighted by molar-refractivity contribution is 7.10. The fourth-order valence-corrected chi connectivity index (χ4v) is 6.26. The van der Waals surface area contributed by atoms with Gasteiger partial charge in [0.15, 0.2) is 11.5 Å². The number of esters is 1. The number of rotatable bonds is 8. The van der Waals surface area contributed by atoms with E-state index in [0.717, 1.165) is 10.4 Å². The second-order valence-corrected chi connectivity index (χ2v) is 10.7. The van der Waals surface area contributed by atoms with Crippen LogP contribution in [0.5, 0.6) is 11.5 Å². The van der Waals surface area contributed by atoms with Gasteiger partial charge in [-0.1, -0.05) is 36.4 Å². The Bertz CT molecular complexity index is 1530. The first-order valence-corrected chi connectivity index (χ1v) is 13.7. The average Bonchev–Trinajstić information content (AvgIpc) is 3.48. The number of allylic oxidation sites excluding steroid dienone is 3. The summed E-state index contributed by atoms with van der Waals surface area (Å²) in [4.78, 5) is 39.5. The average molecular weight is 561 g/mol. The lowest BCUT2D eigenvalue weighted by Crippen LogP contribution is -2.36. The topological polar surface area (TPSA) is 128 Å². The minimum atomic E-state index is -0.939. The van der Waals surface area contributed by atoms with Crippen LogP contribution in [0.15, 0.2) is 82.5 Å². The second kappa shape index (κ2) is 11.4. The van der Waals surface area contributed by atoms with E-state index in [4.69, 9.17) is 9.47 Å². The second-order valence-electron chi connectivity index (χ2n) is 9.75. The van der Waals surface area contributed by atoms with Crippen molar-refractivity contribution in [1.29, 1.82) is 0 Å². The molecule has 0 saturated carbocycles. The van der Waals surface area contributed by atoms with Crippen molar-refractivity contribution in [2.24, 2.45) is 0 Å². The van der Waals surface area contributed by atoms with Gasteiger partial charge in [0.25, 0.3) is 0 Å². The first kappa shape index (κ1) is 27.1. The minimum absolute atomic E-state index is 0.0183. The van der Waals surface area contributed by atoms with Crippen molar-refractivity contribution in [3.8, 4) is 11.5 Å². The number of nitro groups is 1. The van der Waals surface area contributed by atoms with Gasteiger partial charge < -0.3 is 19.9 Å². The number of benzene rings is 2. The first-order chi connectivity index (χ1) is 19.3. The lowest BCUT2D eigenvalue weighted by molar-refractivity contribution is -0.386. The SMILES string of the molecule is COc1cc([C@H]2C(C(=O)OCCc3ccccc3)=C(C)NC3=C2C(=O)C[C@H](c2cccs2)C3)cc([N+](=O)[O-])c1O. The molecule has 5 rings (SSSR count). The van der Waals surface area contributed by atoms with Gasteiger partial charge in [-0.05, 0) is 42.0 Å². The molecule has 3 aromatic rings. The van der Waals surface area contributed by atoms with Gasteiger partial charge in [0.2, 0.25) is 5.75 Å². The van der Waals surface area contributed by atoms with Crippen LogP contribution in [0.1, 0.15) is 47.6 Å². The smallest absolute Gasteiger partial charge is 0.336 e. The molecular formula is C30H28N2O7S. The molecule has 0 fully saturated rings. The molecule has 1 aromatic heterocycles. The third-order valence-corrected chi connectivity index (χ3v) is 8.32. The molecular weight excluding hydrogens is 532 g/mol. The van der Waals surface area contributed by atoms with Crippen molar-refractivity contribution in [2.75, 3.05) is 13.7 Å². The number of dihydropyridines is 1. The molecule has 2 aromatic carbocycles. The van der Waals surface area contributed by atoms with Gasteiger partial charge in [-0.25, -0.2) is 4.79 Å². The van der Waals surface area contributed by atoms with Gasteiger partial charge in [-0.3, -0.25) is 14.9 Å². The Hall–Kier alpha value is -4.44. The third-order valence-electron chi connectivity index (χ3n) is 7.29. The number of methoxy groups -OCH3 is 1. The first-order valence-electron chi connectivity index (χ1n) is 12.8. The quantitative estimate of drug-likeness (QED) is 0.209. The molecule has 2 heterocycles. The van der Waals surface area contributed by atoms with E-state index in [1.54, 1.807) is 18.3 Å². The van der Waals surface area contributed by atoms with Gasteiger partial charge >= 0.3 is 11.7 Å². The number of ketones is 1. The van der Waals surface area contributed by atoms with E-state index < -0.39 is 28.2 Å². The summed E-state index contributed by atoms with van der Waals surface area (Å²) in [5.41, 5.74) is 2.45. The Balaban J connectivity index is 1.56. The molecule has 0 saturated heterocycles. The van der Waals surface area contributed by atoms with E-state index in [9.17, 15) is 24.8 Å². The number of Topliss-reactive ketones (excluding diaryl/α,β-unsaturated/α-hetero) is 1. The molecule has 2 atom stereocenters. The van der Waals surface area contributed by atoms with Crippen LogP contribution in [0.3, 0.4) is 0 Å². The van der Waals surface area contributed by atoms with Crippen LogP contribution in [0, 0.1) is 10.1 Å². The number of phenols is 1. The maximum atomic E-state index is 13.7. The van der Waals surface area contributed by atoms with E-state index in [-0.39, 0.29) is 41.6 Å². The highest BCUT2D eigenvalue weighted by atomic mass is 32.1. The summed E-state index contributed by atoms with van der Waals surface area (Å²) >= 11 is 1.59. The van der Waals surface area contributed by atoms with Crippen LogP contribution in [-0.4, -0.2) is 35.5 Å². The van der Waals surface area contributed by atoms with Gasteiger partial charge in [0, 0.05) is 52.6 Å². The predicted molar refractivity (Wildman–Crippen MR) is 149 cm³/mol. The van der Waals surface area contributed by atoms with Crippen molar-refractivity contribution in [3.63, 3.8) is 0 Å². The Morgan fingerprint density at radius 1 is 1.18 bits per heavy atom. The standard InChI is InChI=1S/C30H28N2O7S/c1-17-26(30(35)39-11-10-18-7-4-3-5-8-18)27(20-14-22(32(36)37)29(34)24(16-20)38-2)28-21(31-17)13-19(15-23(28)33)25-9-6-12-40-25/h3-9,12,14,16,19,27,31,34H,10-11,13,15H2,1-2H3/t19-,27+/m1/s1. The molecule has 2 aliphatic rings. The summed E-state index contributed by atoms with van der Waals surface area (Å²) in [6.07, 6.45) is 1.29. The van der Waals surface area contributed by atoms with Crippen LogP contribution < -0.4 is 10.1 Å². The zero-order chi connectivity index (χ0) is 28.4. The Morgan fingerprint density at radius 3 is 2.62 bits per heavy atom. The number of hydrogen-bond acceptors (Lipinski definition) is 9. The molecule has 0 unspecified atom stereocenters. The van der Waals surface area contributed by atoms with Crippen LogP contribution in [0.2, 0.25) is 0 Å². The van der Waals surface area contributed by atoms with E-state index >= 15 is 0 Å². The fourth-order valence-electron chi connectivity index (χ4n) is 5.43. The van der Waals surface area contributed by atoms with Crippen molar-refractivity contribution in [2.45, 2.75) is 38.0 Å². The zero-order valence-electron chi connectivity index (χ0n) is 22.0. The van der Waals surface area contributed by atoms with Crippen molar-refractivity contribution in [3.05, 3.63) is 109 Å². The van der Waals surface area contributed by atoms with Crippen molar-refractivity contribution >= 4 is 28.8 Å². The highest BCUT2D eigenvalue weighted by Crippen LogP contribution is 2.49. The molecule has 0 radical (unpaired) electrons. The third kappa shape index (κ3) is 5.22. The normalized spacial score (nSPS) is 18.7. The number of carbonyl (C=O) groups excluding carboxylic acids is 2. The van der Waals surface area contributed by atoms with Crippen LogP contribution in [-0.2, 0) is 20.7 Å². The lowest BCUT2D eigenvalue weighted by atomic mass is 9.72. The van der Waals surface area contributed by atoms with Gasteiger partial charge in [0.05, 0.1) is 24.2 Å². The molecule has 10 heteroatoms. The van der Waals surface area contributed by atoms with Crippen LogP contribution in [0.4, 0.5) is 5.69 Å². The summed E-state index contributed by atoms with van der Waals surface area (Å²) in [7, 11) is 1.28. The number of nitrogens with zero attached hydrogens (tertiary/aromatic N) is 1. The van der Waals surface area contributed by atoms with Gasteiger partial charge in [0.1, 0.15) is 0 Å². The maximum absolute atomic E-state index is 13.7. The summed E-state index contributed by atoms with van der Waals surface area (Å²) in [5, 5.41) is 27.5. The van der Waals surface area contributed by atoms with Gasteiger partial charge in [-0.2, -0.15) is 0 Å². The summed E-state index contributed by atoms with van der Waals surface area (Å²) < 4.78 is 10.9.